The monoisotopic (exact) mass is 272 g/mol. The summed E-state index contributed by atoms with van der Waals surface area (Å²) in [6.45, 7) is 1.53. The molecular formula is C10H9ClN2O3S. The zero-order chi connectivity index (χ0) is 12.6. The van der Waals surface area contributed by atoms with Gasteiger partial charge in [0, 0.05) is 4.88 Å². The molecule has 0 aromatic carbocycles. The lowest BCUT2D eigenvalue weighted by Gasteiger charge is -2.28. The molecule has 1 aliphatic rings. The van der Waals surface area contributed by atoms with E-state index in [-0.39, 0.29) is 5.88 Å². The SMILES string of the molecule is C[C@]1(c2cccs2)C(=O)NC(=O)N1C(=O)CCl. The number of carbonyl (C=O) groups excluding carboxylic acids is 3. The molecule has 4 amide bonds. The van der Waals surface area contributed by atoms with Crippen molar-refractivity contribution in [3.63, 3.8) is 0 Å². The first kappa shape index (κ1) is 12.1. The van der Waals surface area contributed by atoms with E-state index in [4.69, 9.17) is 11.6 Å². The molecule has 1 N–H and O–H groups in total. The fourth-order valence-corrected chi connectivity index (χ4v) is 2.77. The van der Waals surface area contributed by atoms with Gasteiger partial charge in [-0.25, -0.2) is 9.69 Å². The second-order valence-electron chi connectivity index (χ2n) is 3.67. The average molecular weight is 273 g/mol. The third-order valence-corrected chi connectivity index (χ3v) is 3.99. The quantitative estimate of drug-likeness (QED) is 0.651. The molecule has 7 heteroatoms. The summed E-state index contributed by atoms with van der Waals surface area (Å²) in [6, 6.07) is 2.73. The molecule has 17 heavy (non-hydrogen) atoms. The highest BCUT2D eigenvalue weighted by Gasteiger charge is 2.53. The second-order valence-corrected chi connectivity index (χ2v) is 4.89. The molecule has 1 aliphatic heterocycles. The lowest BCUT2D eigenvalue weighted by molar-refractivity contribution is -0.136. The zero-order valence-corrected chi connectivity index (χ0v) is 10.5. The van der Waals surface area contributed by atoms with E-state index in [2.05, 4.69) is 5.32 Å². The lowest BCUT2D eigenvalue weighted by Crippen LogP contribution is -2.47. The molecule has 1 atom stereocenters. The average Bonchev–Trinajstić information content (AvgIpc) is 2.87. The highest BCUT2D eigenvalue weighted by molar-refractivity contribution is 7.10. The predicted molar refractivity (Wildman–Crippen MR) is 62.8 cm³/mol. The minimum Gasteiger partial charge on any atom is -0.275 e. The van der Waals surface area contributed by atoms with E-state index in [0.717, 1.165) is 4.90 Å². The third kappa shape index (κ3) is 1.64. The molecule has 0 radical (unpaired) electrons. The molecule has 0 unspecified atom stereocenters. The summed E-state index contributed by atoms with van der Waals surface area (Å²) in [7, 11) is 0. The fourth-order valence-electron chi connectivity index (χ4n) is 1.78. The van der Waals surface area contributed by atoms with Crippen molar-refractivity contribution in [1.29, 1.82) is 0 Å². The van der Waals surface area contributed by atoms with Gasteiger partial charge < -0.3 is 0 Å². The van der Waals surface area contributed by atoms with E-state index in [0.29, 0.717) is 4.88 Å². The Hall–Kier alpha value is -1.40. The van der Waals surface area contributed by atoms with Crippen LogP contribution in [0.15, 0.2) is 17.5 Å². The van der Waals surface area contributed by atoms with E-state index in [1.165, 1.54) is 18.3 Å². The van der Waals surface area contributed by atoms with Gasteiger partial charge in [0.15, 0.2) is 5.54 Å². The predicted octanol–water partition coefficient (Wildman–Crippen LogP) is 1.28. The summed E-state index contributed by atoms with van der Waals surface area (Å²) in [5.41, 5.74) is -1.29. The van der Waals surface area contributed by atoms with Gasteiger partial charge in [-0.15, -0.1) is 22.9 Å². The summed E-state index contributed by atoms with van der Waals surface area (Å²) >= 11 is 6.76. The zero-order valence-electron chi connectivity index (χ0n) is 8.90. The minimum absolute atomic E-state index is 0.346. The Balaban J connectivity index is 2.52. The number of thiophene rings is 1. The van der Waals surface area contributed by atoms with Crippen LogP contribution in [0.25, 0.3) is 0 Å². The van der Waals surface area contributed by atoms with Gasteiger partial charge in [-0.3, -0.25) is 14.9 Å². The molecule has 1 aromatic heterocycles. The van der Waals surface area contributed by atoms with E-state index in [1.54, 1.807) is 17.5 Å². The Kier molecular flexibility index (Phi) is 2.92. The number of amides is 4. The maximum absolute atomic E-state index is 11.9. The number of halogens is 1. The standard InChI is InChI=1S/C10H9ClN2O3S/c1-10(6-3-2-4-17-6)8(15)12-9(16)13(10)7(14)5-11/h2-4H,5H2,1H3,(H,12,15,16)/t10-/m0/s1. The molecule has 1 aromatic rings. The van der Waals surface area contributed by atoms with Crippen molar-refractivity contribution in [2.45, 2.75) is 12.5 Å². The van der Waals surface area contributed by atoms with Crippen molar-refractivity contribution in [2.24, 2.45) is 0 Å². The van der Waals surface area contributed by atoms with Gasteiger partial charge in [-0.1, -0.05) is 6.07 Å². The third-order valence-electron chi connectivity index (χ3n) is 2.68. The van der Waals surface area contributed by atoms with E-state index in [1.807, 2.05) is 0 Å². The van der Waals surface area contributed by atoms with Crippen LogP contribution in [0.1, 0.15) is 11.8 Å². The van der Waals surface area contributed by atoms with Crippen LogP contribution in [0.3, 0.4) is 0 Å². The van der Waals surface area contributed by atoms with Gasteiger partial charge in [0.25, 0.3) is 5.91 Å². The molecule has 0 bridgehead atoms. The number of rotatable bonds is 2. The van der Waals surface area contributed by atoms with Crippen LogP contribution in [-0.4, -0.2) is 28.6 Å². The lowest BCUT2D eigenvalue weighted by atomic mass is 9.98. The van der Waals surface area contributed by atoms with Crippen LogP contribution in [0, 0.1) is 0 Å². The molecule has 90 valence electrons. The van der Waals surface area contributed by atoms with Gasteiger partial charge in [-0.2, -0.15) is 0 Å². The topological polar surface area (TPSA) is 66.5 Å². The Morgan fingerprint density at radius 1 is 1.59 bits per heavy atom. The number of hydrogen-bond acceptors (Lipinski definition) is 4. The van der Waals surface area contributed by atoms with Crippen LogP contribution in [0.5, 0.6) is 0 Å². The van der Waals surface area contributed by atoms with Crippen molar-refractivity contribution in [2.75, 3.05) is 5.88 Å². The van der Waals surface area contributed by atoms with Crippen molar-refractivity contribution in [3.05, 3.63) is 22.4 Å². The summed E-state index contributed by atoms with van der Waals surface area (Å²) in [6.07, 6.45) is 0. The molecule has 0 saturated carbocycles. The first-order valence-electron chi connectivity index (χ1n) is 4.80. The van der Waals surface area contributed by atoms with Crippen molar-refractivity contribution >= 4 is 40.8 Å². The van der Waals surface area contributed by atoms with Crippen LogP contribution in [-0.2, 0) is 15.1 Å². The summed E-state index contributed by atoms with van der Waals surface area (Å²) in [5, 5.41) is 3.91. The molecule has 1 saturated heterocycles. The van der Waals surface area contributed by atoms with Gasteiger partial charge in [0.1, 0.15) is 5.88 Å². The molecule has 2 heterocycles. The molecule has 0 spiro atoms. The number of nitrogens with zero attached hydrogens (tertiary/aromatic N) is 1. The van der Waals surface area contributed by atoms with Crippen LogP contribution >= 0.6 is 22.9 Å². The molecule has 2 rings (SSSR count). The van der Waals surface area contributed by atoms with Crippen LogP contribution < -0.4 is 5.32 Å². The summed E-state index contributed by atoms with van der Waals surface area (Å²) < 4.78 is 0. The van der Waals surface area contributed by atoms with Gasteiger partial charge in [0.2, 0.25) is 5.91 Å². The normalized spacial score (nSPS) is 24.0. The number of imide groups is 2. The highest BCUT2D eigenvalue weighted by atomic mass is 35.5. The largest absolute Gasteiger partial charge is 0.332 e. The van der Waals surface area contributed by atoms with Crippen LogP contribution in [0.2, 0.25) is 0 Å². The highest BCUT2D eigenvalue weighted by Crippen LogP contribution is 2.35. The summed E-state index contributed by atoms with van der Waals surface area (Å²) in [4.78, 5) is 36.7. The Morgan fingerprint density at radius 2 is 2.29 bits per heavy atom. The molecule has 5 nitrogen and oxygen atoms in total. The van der Waals surface area contributed by atoms with E-state index in [9.17, 15) is 14.4 Å². The van der Waals surface area contributed by atoms with Crippen molar-refractivity contribution in [3.8, 4) is 0 Å². The van der Waals surface area contributed by atoms with Gasteiger partial charge >= 0.3 is 6.03 Å². The fraction of sp³-hybridized carbons (Fsp3) is 0.300. The van der Waals surface area contributed by atoms with Gasteiger partial charge in [0.05, 0.1) is 0 Å². The van der Waals surface area contributed by atoms with Crippen molar-refractivity contribution in [1.82, 2.24) is 10.2 Å². The smallest absolute Gasteiger partial charge is 0.275 e. The van der Waals surface area contributed by atoms with E-state index >= 15 is 0 Å². The number of carbonyl (C=O) groups is 3. The first-order chi connectivity index (χ1) is 8.01. The Labute approximate surface area is 106 Å². The Bertz CT molecular complexity index is 488. The first-order valence-corrected chi connectivity index (χ1v) is 6.21. The number of urea groups is 1. The maximum atomic E-state index is 11.9. The molecule has 1 fully saturated rings. The Morgan fingerprint density at radius 3 is 2.82 bits per heavy atom. The van der Waals surface area contributed by atoms with Crippen molar-refractivity contribution < 1.29 is 14.4 Å². The van der Waals surface area contributed by atoms with Crippen LogP contribution in [0.4, 0.5) is 4.79 Å². The number of nitrogens with one attached hydrogen (secondary N) is 1. The molecular weight excluding hydrogens is 264 g/mol. The van der Waals surface area contributed by atoms with E-state index < -0.39 is 23.4 Å². The number of hydrogen-bond donors (Lipinski definition) is 1. The van der Waals surface area contributed by atoms with Gasteiger partial charge in [-0.05, 0) is 18.4 Å². The maximum Gasteiger partial charge on any atom is 0.332 e. The molecule has 0 aliphatic carbocycles. The number of alkyl halides is 1. The minimum atomic E-state index is -1.29. The second kappa shape index (κ2) is 4.12. The summed E-state index contributed by atoms with van der Waals surface area (Å²) in [5.74, 6) is -1.45.